The first kappa shape index (κ1) is 18.1. The Balaban J connectivity index is 2.04. The van der Waals surface area contributed by atoms with E-state index in [1.54, 1.807) is 6.92 Å². The van der Waals surface area contributed by atoms with Crippen molar-refractivity contribution in [3.63, 3.8) is 0 Å². The molecule has 0 aliphatic rings. The van der Waals surface area contributed by atoms with Gasteiger partial charge >= 0.3 is 0 Å². The fourth-order valence-electron chi connectivity index (χ4n) is 2.64. The SMILES string of the molecule is CC[C@H](NC(=O)[C@H](C)Oc1cccc(C)c1)c1ccc(C)c(C)c1. The van der Waals surface area contributed by atoms with Crippen LogP contribution in [0.4, 0.5) is 0 Å². The van der Waals surface area contributed by atoms with Gasteiger partial charge in [0.05, 0.1) is 6.04 Å². The molecular formula is C21H27NO2. The molecule has 24 heavy (non-hydrogen) atoms. The van der Waals surface area contributed by atoms with Crippen LogP contribution in [0.3, 0.4) is 0 Å². The summed E-state index contributed by atoms with van der Waals surface area (Å²) in [6, 6.07) is 14.1. The highest BCUT2D eigenvalue weighted by atomic mass is 16.5. The third-order valence-electron chi connectivity index (χ3n) is 4.33. The molecule has 0 radical (unpaired) electrons. The molecule has 0 bridgehead atoms. The predicted octanol–water partition coefficient (Wildman–Crippen LogP) is 4.65. The minimum atomic E-state index is -0.535. The number of amides is 1. The van der Waals surface area contributed by atoms with Crippen LogP contribution >= 0.6 is 0 Å². The Labute approximate surface area is 145 Å². The zero-order valence-electron chi connectivity index (χ0n) is 15.2. The molecule has 0 heterocycles. The van der Waals surface area contributed by atoms with Crippen molar-refractivity contribution in [3.8, 4) is 5.75 Å². The van der Waals surface area contributed by atoms with Gasteiger partial charge in [-0.15, -0.1) is 0 Å². The maximum absolute atomic E-state index is 12.5. The average molecular weight is 325 g/mol. The van der Waals surface area contributed by atoms with Crippen LogP contribution < -0.4 is 10.1 Å². The first-order chi connectivity index (χ1) is 11.4. The second kappa shape index (κ2) is 8.00. The lowest BCUT2D eigenvalue weighted by Gasteiger charge is -2.22. The number of rotatable bonds is 6. The van der Waals surface area contributed by atoms with E-state index >= 15 is 0 Å². The van der Waals surface area contributed by atoms with Gasteiger partial charge in [-0.3, -0.25) is 4.79 Å². The van der Waals surface area contributed by atoms with E-state index in [9.17, 15) is 4.79 Å². The number of benzene rings is 2. The maximum atomic E-state index is 12.5. The zero-order chi connectivity index (χ0) is 17.7. The fraction of sp³-hybridized carbons (Fsp3) is 0.381. The van der Waals surface area contributed by atoms with E-state index in [1.165, 1.54) is 11.1 Å². The number of hydrogen-bond acceptors (Lipinski definition) is 2. The molecule has 2 aromatic rings. The first-order valence-electron chi connectivity index (χ1n) is 8.51. The molecule has 0 saturated heterocycles. The van der Waals surface area contributed by atoms with Gasteiger partial charge in [0.1, 0.15) is 5.75 Å². The van der Waals surface area contributed by atoms with E-state index in [1.807, 2.05) is 31.2 Å². The molecule has 0 aliphatic heterocycles. The highest BCUT2D eigenvalue weighted by molar-refractivity contribution is 5.81. The van der Waals surface area contributed by atoms with Crippen LogP contribution in [0.15, 0.2) is 42.5 Å². The summed E-state index contributed by atoms with van der Waals surface area (Å²) in [4.78, 5) is 12.5. The van der Waals surface area contributed by atoms with Crippen LogP contribution in [0.1, 0.15) is 48.6 Å². The quantitative estimate of drug-likeness (QED) is 0.840. The van der Waals surface area contributed by atoms with Crippen LogP contribution in [0, 0.1) is 20.8 Å². The standard InChI is InChI=1S/C21H27NO2/c1-6-20(18-11-10-15(3)16(4)13-18)22-21(23)17(5)24-19-9-7-8-14(2)12-19/h7-13,17,20H,6H2,1-5H3,(H,22,23)/t17-,20-/m0/s1. The third kappa shape index (κ3) is 4.60. The Morgan fingerprint density at radius 3 is 2.46 bits per heavy atom. The highest BCUT2D eigenvalue weighted by Crippen LogP contribution is 2.20. The number of ether oxygens (including phenoxy) is 1. The molecule has 2 atom stereocenters. The van der Waals surface area contributed by atoms with Gasteiger partial charge in [0.15, 0.2) is 6.10 Å². The molecule has 2 rings (SSSR count). The van der Waals surface area contributed by atoms with Gasteiger partial charge in [0.2, 0.25) is 0 Å². The summed E-state index contributed by atoms with van der Waals surface area (Å²) in [5, 5.41) is 3.10. The molecule has 3 nitrogen and oxygen atoms in total. The number of hydrogen-bond donors (Lipinski definition) is 1. The second-order valence-corrected chi connectivity index (χ2v) is 6.39. The molecule has 128 valence electrons. The topological polar surface area (TPSA) is 38.3 Å². The summed E-state index contributed by atoms with van der Waals surface area (Å²) >= 11 is 0. The van der Waals surface area contributed by atoms with Gasteiger partial charge in [-0.2, -0.15) is 0 Å². The second-order valence-electron chi connectivity index (χ2n) is 6.39. The van der Waals surface area contributed by atoms with Gasteiger partial charge in [-0.25, -0.2) is 0 Å². The summed E-state index contributed by atoms with van der Waals surface area (Å²) in [6.45, 7) is 10.1. The lowest BCUT2D eigenvalue weighted by Crippen LogP contribution is -2.38. The Bertz CT molecular complexity index is 709. The van der Waals surface area contributed by atoms with Gasteiger partial charge < -0.3 is 10.1 Å². The Morgan fingerprint density at radius 2 is 1.83 bits per heavy atom. The summed E-state index contributed by atoms with van der Waals surface area (Å²) in [5.74, 6) is 0.624. The molecule has 0 fully saturated rings. The average Bonchev–Trinajstić information content (AvgIpc) is 2.55. The molecule has 2 aromatic carbocycles. The molecule has 0 saturated carbocycles. The smallest absolute Gasteiger partial charge is 0.261 e. The summed E-state index contributed by atoms with van der Waals surface area (Å²) in [7, 11) is 0. The largest absolute Gasteiger partial charge is 0.481 e. The van der Waals surface area contributed by atoms with E-state index < -0.39 is 6.10 Å². The van der Waals surface area contributed by atoms with Crippen LogP contribution in [-0.4, -0.2) is 12.0 Å². The van der Waals surface area contributed by atoms with Crippen molar-refractivity contribution in [1.82, 2.24) is 5.32 Å². The first-order valence-corrected chi connectivity index (χ1v) is 8.51. The summed E-state index contributed by atoms with van der Waals surface area (Å²) < 4.78 is 5.77. The molecule has 1 N–H and O–H groups in total. The lowest BCUT2D eigenvalue weighted by molar-refractivity contribution is -0.128. The van der Waals surface area contributed by atoms with E-state index in [4.69, 9.17) is 4.74 Å². The fourth-order valence-corrected chi connectivity index (χ4v) is 2.64. The molecule has 1 amide bonds. The number of aryl methyl sites for hydroxylation is 3. The summed E-state index contributed by atoms with van der Waals surface area (Å²) in [6.07, 6.45) is 0.304. The Morgan fingerprint density at radius 1 is 1.08 bits per heavy atom. The minimum Gasteiger partial charge on any atom is -0.481 e. The maximum Gasteiger partial charge on any atom is 0.261 e. The van der Waals surface area contributed by atoms with Crippen molar-refractivity contribution in [1.29, 1.82) is 0 Å². The highest BCUT2D eigenvalue weighted by Gasteiger charge is 2.19. The number of carbonyl (C=O) groups excluding carboxylic acids is 1. The van der Waals surface area contributed by atoms with E-state index in [-0.39, 0.29) is 11.9 Å². The van der Waals surface area contributed by atoms with Crippen molar-refractivity contribution in [3.05, 3.63) is 64.7 Å². The van der Waals surface area contributed by atoms with Crippen LogP contribution in [0.2, 0.25) is 0 Å². The van der Waals surface area contributed by atoms with E-state index in [0.29, 0.717) is 0 Å². The van der Waals surface area contributed by atoms with Gasteiger partial charge in [-0.05, 0) is 68.5 Å². The Hall–Kier alpha value is -2.29. The van der Waals surface area contributed by atoms with Crippen molar-refractivity contribution < 1.29 is 9.53 Å². The monoisotopic (exact) mass is 325 g/mol. The summed E-state index contributed by atoms with van der Waals surface area (Å²) in [5.41, 5.74) is 4.75. The van der Waals surface area contributed by atoms with Crippen molar-refractivity contribution >= 4 is 5.91 Å². The molecule has 0 aromatic heterocycles. The molecule has 0 aliphatic carbocycles. The normalized spacial score (nSPS) is 13.2. The zero-order valence-corrected chi connectivity index (χ0v) is 15.2. The van der Waals surface area contributed by atoms with Crippen LogP contribution in [-0.2, 0) is 4.79 Å². The Kier molecular flexibility index (Phi) is 6.02. The van der Waals surface area contributed by atoms with E-state index in [0.717, 1.165) is 23.3 Å². The molecule has 0 unspecified atom stereocenters. The van der Waals surface area contributed by atoms with Gasteiger partial charge in [0, 0.05) is 0 Å². The number of nitrogens with one attached hydrogen (secondary N) is 1. The van der Waals surface area contributed by atoms with Crippen molar-refractivity contribution in [2.24, 2.45) is 0 Å². The third-order valence-corrected chi connectivity index (χ3v) is 4.33. The lowest BCUT2D eigenvalue weighted by atomic mass is 9.99. The van der Waals surface area contributed by atoms with Crippen molar-refractivity contribution in [2.75, 3.05) is 0 Å². The predicted molar refractivity (Wildman–Crippen MR) is 98.4 cm³/mol. The van der Waals surface area contributed by atoms with Crippen molar-refractivity contribution in [2.45, 2.75) is 53.2 Å². The molecule has 3 heteroatoms. The number of carbonyl (C=O) groups is 1. The van der Waals surface area contributed by atoms with Gasteiger partial charge in [-0.1, -0.05) is 37.3 Å². The molecular weight excluding hydrogens is 298 g/mol. The van der Waals surface area contributed by atoms with Crippen LogP contribution in [0.5, 0.6) is 5.75 Å². The minimum absolute atomic E-state index is 0.000333. The van der Waals surface area contributed by atoms with E-state index in [2.05, 4.69) is 44.3 Å². The van der Waals surface area contributed by atoms with Gasteiger partial charge in [0.25, 0.3) is 5.91 Å². The van der Waals surface area contributed by atoms with Crippen LogP contribution in [0.25, 0.3) is 0 Å². The molecule has 0 spiro atoms.